The van der Waals surface area contributed by atoms with Gasteiger partial charge in [-0.3, -0.25) is 0 Å². The van der Waals surface area contributed by atoms with E-state index in [-0.39, 0.29) is 0 Å². The fourth-order valence-electron chi connectivity index (χ4n) is 7.79. The predicted octanol–water partition coefficient (Wildman–Crippen LogP) is 13.1. The van der Waals surface area contributed by atoms with Gasteiger partial charge >= 0.3 is 0 Å². The molecule has 2 heterocycles. The van der Waals surface area contributed by atoms with E-state index >= 15 is 0 Å². The number of nitrogens with zero attached hydrogens (tertiary/aromatic N) is 6. The van der Waals surface area contributed by atoms with E-state index < -0.39 is 0 Å². The van der Waals surface area contributed by atoms with Gasteiger partial charge in [0.15, 0.2) is 0 Å². The van der Waals surface area contributed by atoms with E-state index in [1.807, 2.05) is 22.9 Å². The summed E-state index contributed by atoms with van der Waals surface area (Å²) in [5.41, 5.74) is 8.58. The first-order valence-corrected chi connectivity index (χ1v) is 21.9. The van der Waals surface area contributed by atoms with Crippen LogP contribution >= 0.6 is 0 Å². The van der Waals surface area contributed by atoms with Crippen LogP contribution in [0.25, 0.3) is 33.8 Å². The van der Waals surface area contributed by atoms with E-state index in [0.717, 1.165) is 46.8 Å². The Bertz CT molecular complexity index is 1830. The van der Waals surface area contributed by atoms with Gasteiger partial charge in [-0.1, -0.05) is 164 Å². The zero-order valence-electron chi connectivity index (χ0n) is 35.0. The summed E-state index contributed by atoms with van der Waals surface area (Å²) in [6, 6.07) is 19.4. The third-order valence-corrected chi connectivity index (χ3v) is 11.2. The number of rotatable bonds is 28. The minimum absolute atomic E-state index is 0.709. The van der Waals surface area contributed by atoms with E-state index in [9.17, 15) is 0 Å². The smallest absolute Gasteiger partial charge is 0.145 e. The molecule has 0 atom stereocenters. The van der Waals surface area contributed by atoms with Gasteiger partial charge in [0.2, 0.25) is 0 Å². The first-order valence-electron chi connectivity index (χ1n) is 21.9. The maximum Gasteiger partial charge on any atom is 0.145 e. The molecular formula is C48H68N6O2. The van der Waals surface area contributed by atoms with Gasteiger partial charge in [-0.05, 0) is 78.3 Å². The highest BCUT2D eigenvalue weighted by atomic mass is 16.5. The molecule has 5 aromatic rings. The van der Waals surface area contributed by atoms with Crippen LogP contribution < -0.4 is 9.47 Å². The third kappa shape index (κ3) is 13.1. The Balaban J connectivity index is 1.26. The standard InChI is InChI=1S/C48H68N6O2/c1-5-7-9-11-13-15-17-19-21-23-25-39-27-28-40(26-24-22-20-18-16-14-12-10-8-6-2)43(35-39)44-38-54(52-50-44)46-32-30-42(37-48(46)56-4)41-29-31-45(47(36-41)55-3)53-34-33-49-51-53/h27-38H,5-26H2,1-4H3. The van der Waals surface area contributed by atoms with Crippen LogP contribution in [-0.4, -0.2) is 44.2 Å². The Morgan fingerprint density at radius 2 is 1.04 bits per heavy atom. The molecule has 302 valence electrons. The summed E-state index contributed by atoms with van der Waals surface area (Å²) < 4.78 is 15.2. The number of unbranched alkanes of at least 4 members (excludes halogenated alkanes) is 18. The van der Waals surface area contributed by atoms with Crippen molar-refractivity contribution in [2.24, 2.45) is 0 Å². The summed E-state index contributed by atoms with van der Waals surface area (Å²) in [4.78, 5) is 0. The quantitative estimate of drug-likeness (QED) is 0.0472. The molecule has 0 saturated carbocycles. The van der Waals surface area contributed by atoms with E-state index in [0.29, 0.717) is 5.75 Å². The van der Waals surface area contributed by atoms with Crippen molar-refractivity contribution in [3.05, 3.63) is 84.3 Å². The highest BCUT2D eigenvalue weighted by Crippen LogP contribution is 2.34. The number of aryl methyl sites for hydroxylation is 2. The van der Waals surface area contributed by atoms with Gasteiger partial charge < -0.3 is 9.47 Å². The third-order valence-electron chi connectivity index (χ3n) is 11.2. The molecule has 5 rings (SSSR count). The van der Waals surface area contributed by atoms with Gasteiger partial charge in [-0.2, -0.15) is 0 Å². The highest BCUT2D eigenvalue weighted by Gasteiger charge is 2.16. The Kier molecular flexibility index (Phi) is 18.5. The fourth-order valence-corrected chi connectivity index (χ4v) is 7.79. The summed E-state index contributed by atoms with van der Waals surface area (Å²) in [5.74, 6) is 1.43. The maximum atomic E-state index is 5.94. The molecule has 3 aromatic carbocycles. The lowest BCUT2D eigenvalue weighted by Gasteiger charge is -2.13. The molecule has 0 unspecified atom stereocenters. The predicted molar refractivity (Wildman–Crippen MR) is 231 cm³/mol. The first-order chi connectivity index (χ1) is 27.6. The number of benzene rings is 3. The summed E-state index contributed by atoms with van der Waals surface area (Å²) in [6.07, 6.45) is 34.7. The van der Waals surface area contributed by atoms with Crippen molar-refractivity contribution in [1.29, 1.82) is 0 Å². The van der Waals surface area contributed by atoms with Gasteiger partial charge in [-0.15, -0.1) is 10.2 Å². The second kappa shape index (κ2) is 24.2. The first kappa shape index (κ1) is 42.7. The lowest BCUT2D eigenvalue weighted by Crippen LogP contribution is -2.00. The second-order valence-corrected chi connectivity index (χ2v) is 15.5. The Labute approximate surface area is 337 Å². The van der Waals surface area contributed by atoms with Crippen LogP contribution in [0.2, 0.25) is 0 Å². The Morgan fingerprint density at radius 1 is 0.518 bits per heavy atom. The molecule has 0 fully saturated rings. The van der Waals surface area contributed by atoms with Crippen LogP contribution in [0.4, 0.5) is 0 Å². The van der Waals surface area contributed by atoms with Crippen molar-refractivity contribution in [3.63, 3.8) is 0 Å². The molecule has 56 heavy (non-hydrogen) atoms. The molecule has 0 radical (unpaired) electrons. The Hall–Kier alpha value is -4.46. The number of hydrogen-bond acceptors (Lipinski definition) is 6. The van der Waals surface area contributed by atoms with Gasteiger partial charge in [0, 0.05) is 5.56 Å². The lowest BCUT2D eigenvalue weighted by molar-refractivity contribution is 0.411. The molecule has 0 saturated heterocycles. The van der Waals surface area contributed by atoms with E-state index in [4.69, 9.17) is 14.6 Å². The molecule has 0 bridgehead atoms. The zero-order chi connectivity index (χ0) is 39.2. The molecule has 0 spiro atoms. The summed E-state index contributed by atoms with van der Waals surface area (Å²) in [5, 5.41) is 17.5. The lowest BCUT2D eigenvalue weighted by atomic mass is 9.94. The fraction of sp³-hybridized carbons (Fsp3) is 0.542. The topological polar surface area (TPSA) is 79.9 Å². The minimum atomic E-state index is 0.709. The summed E-state index contributed by atoms with van der Waals surface area (Å²) in [7, 11) is 3.37. The molecule has 8 heteroatoms. The van der Waals surface area contributed by atoms with Gasteiger partial charge in [0.1, 0.15) is 28.6 Å². The molecule has 0 N–H and O–H groups in total. The SMILES string of the molecule is CCCCCCCCCCCCc1ccc(CCCCCCCCCCCC)c(-c2cn(-c3ccc(-c4ccc(-n5ccnn5)c(OC)c4)cc3OC)nn2)c1. The molecular weight excluding hydrogens is 693 g/mol. The van der Waals surface area contributed by atoms with Gasteiger partial charge in [-0.25, -0.2) is 9.36 Å². The van der Waals surface area contributed by atoms with E-state index in [2.05, 4.69) is 72.0 Å². The number of ether oxygens (including phenoxy) is 2. The average molecular weight is 761 g/mol. The zero-order valence-corrected chi connectivity index (χ0v) is 35.0. The largest absolute Gasteiger partial charge is 0.494 e. The van der Waals surface area contributed by atoms with Crippen LogP contribution in [0.5, 0.6) is 11.5 Å². The van der Waals surface area contributed by atoms with Crippen molar-refractivity contribution in [2.75, 3.05) is 14.2 Å². The second-order valence-electron chi connectivity index (χ2n) is 15.5. The molecule has 0 aliphatic carbocycles. The summed E-state index contributed by atoms with van der Waals surface area (Å²) >= 11 is 0. The van der Waals surface area contributed by atoms with Crippen LogP contribution in [0.15, 0.2) is 73.2 Å². The van der Waals surface area contributed by atoms with Crippen LogP contribution in [0.3, 0.4) is 0 Å². The van der Waals surface area contributed by atoms with Crippen molar-refractivity contribution in [3.8, 4) is 45.3 Å². The maximum absolute atomic E-state index is 5.94. The van der Waals surface area contributed by atoms with Crippen molar-refractivity contribution in [1.82, 2.24) is 30.0 Å². The molecule has 0 aliphatic heterocycles. The molecule has 8 nitrogen and oxygen atoms in total. The van der Waals surface area contributed by atoms with Crippen molar-refractivity contribution >= 4 is 0 Å². The normalized spacial score (nSPS) is 11.4. The highest BCUT2D eigenvalue weighted by molar-refractivity contribution is 5.72. The van der Waals surface area contributed by atoms with E-state index in [1.165, 1.54) is 145 Å². The Morgan fingerprint density at radius 3 is 1.55 bits per heavy atom. The van der Waals surface area contributed by atoms with Crippen molar-refractivity contribution < 1.29 is 9.47 Å². The number of methoxy groups -OCH3 is 2. The van der Waals surface area contributed by atoms with E-state index in [1.54, 1.807) is 31.3 Å². The van der Waals surface area contributed by atoms with Gasteiger partial charge in [0.25, 0.3) is 0 Å². The monoisotopic (exact) mass is 761 g/mol. The number of aromatic nitrogens is 6. The van der Waals surface area contributed by atoms with Crippen molar-refractivity contribution in [2.45, 2.75) is 155 Å². The minimum Gasteiger partial charge on any atom is -0.494 e. The van der Waals surface area contributed by atoms with Crippen LogP contribution in [0.1, 0.15) is 153 Å². The van der Waals surface area contributed by atoms with Gasteiger partial charge in [0.05, 0.1) is 32.8 Å². The van der Waals surface area contributed by atoms with Crippen LogP contribution in [-0.2, 0) is 12.8 Å². The molecule has 0 aliphatic rings. The number of hydrogen-bond donors (Lipinski definition) is 0. The molecule has 2 aromatic heterocycles. The average Bonchev–Trinajstić information content (AvgIpc) is 3.96. The van der Waals surface area contributed by atoms with Crippen LogP contribution in [0, 0.1) is 0 Å². The molecule has 0 amide bonds. The summed E-state index contributed by atoms with van der Waals surface area (Å²) in [6.45, 7) is 4.58.